The first-order valence-electron chi connectivity index (χ1n) is 10.2. The van der Waals surface area contributed by atoms with E-state index in [4.69, 9.17) is 5.41 Å². The van der Waals surface area contributed by atoms with Crippen molar-refractivity contribution in [2.24, 2.45) is 0 Å². The van der Waals surface area contributed by atoms with E-state index in [1.54, 1.807) is 31.2 Å². The lowest BCUT2D eigenvalue weighted by Gasteiger charge is -2.28. The number of rotatable bonds is 7. The van der Waals surface area contributed by atoms with Gasteiger partial charge in [0.1, 0.15) is 0 Å². The lowest BCUT2D eigenvalue weighted by molar-refractivity contribution is -0.130. The molecular formula is C24H24N4O3S. The first-order valence-corrected chi connectivity index (χ1v) is 11.9. The van der Waals surface area contributed by atoms with Crippen LogP contribution in [0.1, 0.15) is 23.6 Å². The van der Waals surface area contributed by atoms with E-state index in [-0.39, 0.29) is 24.2 Å². The molecular weight excluding hydrogens is 424 g/mol. The van der Waals surface area contributed by atoms with Crippen LogP contribution < -0.4 is 10.0 Å². The molecule has 0 saturated carbocycles. The summed E-state index contributed by atoms with van der Waals surface area (Å²) in [6.07, 6.45) is 0. The number of carbonyl (C=O) groups is 1. The Balaban J connectivity index is 1.64. The fourth-order valence-electron chi connectivity index (χ4n) is 3.80. The van der Waals surface area contributed by atoms with Crippen molar-refractivity contribution in [1.82, 2.24) is 10.2 Å². The Morgan fingerprint density at radius 3 is 1.94 bits per heavy atom. The summed E-state index contributed by atoms with van der Waals surface area (Å²) in [6, 6.07) is 25.6. The molecule has 3 N–H and O–H groups in total. The standard InChI is InChI=1S/C24H24N4O3S/c1-2-32(30,31)27-21-15-13-18(14-16-21)17-28-22(29)24(26-23(28)25,19-9-5-3-6-10-19)20-11-7-4-8-12-20/h3-16,27H,2,17H2,1H3,(H2,25,26). The van der Waals surface area contributed by atoms with Crippen LogP contribution in [0.3, 0.4) is 0 Å². The van der Waals surface area contributed by atoms with Gasteiger partial charge < -0.3 is 5.32 Å². The maximum absolute atomic E-state index is 13.8. The molecule has 32 heavy (non-hydrogen) atoms. The van der Waals surface area contributed by atoms with Crippen LogP contribution in [0.4, 0.5) is 5.69 Å². The number of amides is 1. The number of hydrogen-bond donors (Lipinski definition) is 3. The van der Waals surface area contributed by atoms with Gasteiger partial charge in [0.25, 0.3) is 5.91 Å². The van der Waals surface area contributed by atoms with Gasteiger partial charge in [0.15, 0.2) is 11.5 Å². The van der Waals surface area contributed by atoms with E-state index < -0.39 is 15.6 Å². The molecule has 0 aromatic heterocycles. The number of anilines is 1. The zero-order valence-electron chi connectivity index (χ0n) is 17.6. The van der Waals surface area contributed by atoms with Gasteiger partial charge in [-0.15, -0.1) is 0 Å². The average molecular weight is 449 g/mol. The molecule has 1 amide bonds. The van der Waals surface area contributed by atoms with E-state index in [2.05, 4.69) is 10.0 Å². The normalized spacial score (nSPS) is 15.5. The van der Waals surface area contributed by atoms with Crippen molar-refractivity contribution in [2.45, 2.75) is 19.0 Å². The van der Waals surface area contributed by atoms with Crippen molar-refractivity contribution in [3.05, 3.63) is 102 Å². The topological polar surface area (TPSA) is 102 Å². The fraction of sp³-hybridized carbons (Fsp3) is 0.167. The van der Waals surface area contributed by atoms with Gasteiger partial charge in [-0.3, -0.25) is 19.8 Å². The van der Waals surface area contributed by atoms with Crippen LogP contribution in [0.5, 0.6) is 0 Å². The molecule has 3 aromatic carbocycles. The fourth-order valence-corrected chi connectivity index (χ4v) is 4.44. The molecule has 0 aliphatic carbocycles. The molecule has 0 radical (unpaired) electrons. The summed E-state index contributed by atoms with van der Waals surface area (Å²) in [6.45, 7) is 1.76. The molecule has 0 unspecified atom stereocenters. The number of hydrogen-bond acceptors (Lipinski definition) is 4. The molecule has 0 atom stereocenters. The van der Waals surface area contributed by atoms with Crippen LogP contribution >= 0.6 is 0 Å². The molecule has 4 rings (SSSR count). The third-order valence-corrected chi connectivity index (χ3v) is 6.81. The quantitative estimate of drug-likeness (QED) is 0.516. The smallest absolute Gasteiger partial charge is 0.264 e. The maximum Gasteiger partial charge on any atom is 0.264 e. The Hall–Kier alpha value is -3.65. The molecule has 7 nitrogen and oxygen atoms in total. The maximum atomic E-state index is 13.8. The van der Waals surface area contributed by atoms with Gasteiger partial charge in [-0.05, 0) is 35.7 Å². The van der Waals surface area contributed by atoms with Crippen molar-refractivity contribution < 1.29 is 13.2 Å². The highest BCUT2D eigenvalue weighted by molar-refractivity contribution is 7.92. The van der Waals surface area contributed by atoms with E-state index >= 15 is 0 Å². The van der Waals surface area contributed by atoms with Gasteiger partial charge in [0.2, 0.25) is 10.0 Å². The Morgan fingerprint density at radius 1 is 0.906 bits per heavy atom. The number of benzene rings is 3. The van der Waals surface area contributed by atoms with E-state index in [0.717, 1.165) is 16.7 Å². The summed E-state index contributed by atoms with van der Waals surface area (Å²) in [5.74, 6) is -0.241. The lowest BCUT2D eigenvalue weighted by Crippen LogP contribution is -2.45. The first kappa shape index (κ1) is 21.6. The van der Waals surface area contributed by atoms with Gasteiger partial charge in [0, 0.05) is 5.69 Å². The third-order valence-electron chi connectivity index (χ3n) is 5.50. The summed E-state index contributed by atoms with van der Waals surface area (Å²) in [5, 5.41) is 11.7. The third kappa shape index (κ3) is 3.97. The van der Waals surface area contributed by atoms with Gasteiger partial charge in [-0.2, -0.15) is 0 Å². The van der Waals surface area contributed by atoms with E-state index in [1.807, 2.05) is 60.7 Å². The second kappa shape index (κ2) is 8.47. The number of nitrogens with one attached hydrogen (secondary N) is 3. The van der Waals surface area contributed by atoms with Crippen molar-refractivity contribution in [2.75, 3.05) is 10.5 Å². The van der Waals surface area contributed by atoms with Crippen LogP contribution in [0.15, 0.2) is 84.9 Å². The average Bonchev–Trinajstić information content (AvgIpc) is 3.07. The highest BCUT2D eigenvalue weighted by Gasteiger charge is 2.52. The predicted octanol–water partition coefficient (Wildman–Crippen LogP) is 3.26. The predicted molar refractivity (Wildman–Crippen MR) is 125 cm³/mol. The molecule has 1 fully saturated rings. The number of nitrogens with zero attached hydrogens (tertiary/aromatic N) is 1. The Bertz CT molecular complexity index is 1190. The summed E-state index contributed by atoms with van der Waals surface area (Å²) in [4.78, 5) is 15.2. The monoisotopic (exact) mass is 448 g/mol. The molecule has 1 aliphatic rings. The van der Waals surface area contributed by atoms with E-state index in [0.29, 0.717) is 5.69 Å². The number of guanidine groups is 1. The van der Waals surface area contributed by atoms with Crippen molar-refractivity contribution >= 4 is 27.6 Å². The largest absolute Gasteiger partial charge is 0.334 e. The highest BCUT2D eigenvalue weighted by Crippen LogP contribution is 2.36. The van der Waals surface area contributed by atoms with Crippen LogP contribution in [0.2, 0.25) is 0 Å². The molecule has 1 aliphatic heterocycles. The van der Waals surface area contributed by atoms with Gasteiger partial charge in [0.05, 0.1) is 12.3 Å². The van der Waals surface area contributed by atoms with E-state index in [1.165, 1.54) is 4.90 Å². The highest BCUT2D eigenvalue weighted by atomic mass is 32.2. The van der Waals surface area contributed by atoms with Crippen LogP contribution in [0, 0.1) is 5.41 Å². The van der Waals surface area contributed by atoms with Crippen LogP contribution in [-0.2, 0) is 26.9 Å². The van der Waals surface area contributed by atoms with Gasteiger partial charge in [-0.25, -0.2) is 8.42 Å². The van der Waals surface area contributed by atoms with Crippen molar-refractivity contribution in [3.63, 3.8) is 0 Å². The first-order chi connectivity index (χ1) is 15.4. The number of sulfonamides is 1. The zero-order chi connectivity index (χ0) is 22.8. The van der Waals surface area contributed by atoms with Crippen LogP contribution in [0.25, 0.3) is 0 Å². The molecule has 8 heteroatoms. The van der Waals surface area contributed by atoms with Crippen LogP contribution in [-0.4, -0.2) is 30.9 Å². The molecule has 1 saturated heterocycles. The van der Waals surface area contributed by atoms with Gasteiger partial charge in [-0.1, -0.05) is 72.8 Å². The summed E-state index contributed by atoms with van der Waals surface area (Å²) >= 11 is 0. The second-order valence-electron chi connectivity index (χ2n) is 7.55. The summed E-state index contributed by atoms with van der Waals surface area (Å²) in [7, 11) is -3.36. The minimum Gasteiger partial charge on any atom is -0.334 e. The lowest BCUT2D eigenvalue weighted by atomic mass is 9.82. The minimum absolute atomic E-state index is 0.0125. The molecule has 0 bridgehead atoms. The second-order valence-corrected chi connectivity index (χ2v) is 9.56. The SMILES string of the molecule is CCS(=O)(=O)Nc1ccc(CN2C(=N)NC(c3ccccc3)(c3ccccc3)C2=O)cc1. The summed E-state index contributed by atoms with van der Waals surface area (Å²) < 4.78 is 26.0. The molecule has 1 heterocycles. The van der Waals surface area contributed by atoms with Gasteiger partial charge >= 0.3 is 0 Å². The Labute approximate surface area is 187 Å². The molecule has 3 aromatic rings. The Morgan fingerprint density at radius 2 is 1.44 bits per heavy atom. The van der Waals surface area contributed by atoms with E-state index in [9.17, 15) is 13.2 Å². The Kier molecular flexibility index (Phi) is 5.71. The zero-order valence-corrected chi connectivity index (χ0v) is 18.4. The summed E-state index contributed by atoms with van der Waals surface area (Å²) in [5.41, 5.74) is 1.57. The molecule has 164 valence electrons. The number of carbonyl (C=O) groups excluding carboxylic acids is 1. The molecule has 0 spiro atoms. The minimum atomic E-state index is -3.36. The van der Waals surface area contributed by atoms with Crippen molar-refractivity contribution in [3.8, 4) is 0 Å². The van der Waals surface area contributed by atoms with Crippen molar-refractivity contribution in [1.29, 1.82) is 5.41 Å².